The standard InChI is InChI=1S/C10H16N5O6PS2/c11-10-14-7-4(8(16)15-10)12-3-6(24)5(23)2(21-9(3)13-7)1-20-22(17,18)19/h2-3,5,9-10,12-14,23H,1,11H2,(H,15,16)(H2,17,18,19)/t2-,3+,5?,9-,10?/m1/s1. The van der Waals surface area contributed by atoms with Crippen LogP contribution in [0.5, 0.6) is 0 Å². The molecule has 0 aromatic heterocycles. The second-order valence-electron chi connectivity index (χ2n) is 5.34. The van der Waals surface area contributed by atoms with Crippen molar-refractivity contribution in [2.75, 3.05) is 6.61 Å². The SMILES string of the molecule is NC1NC(=O)C2=C(N1)N[C@@H]1O[C@H](COP(=O)(O)O)C(S)C(=S)[C@@H]1N2. The first-order chi connectivity index (χ1) is 11.2. The molecule has 0 saturated carbocycles. The molecule has 1 amide bonds. The number of hydrogen-bond donors (Lipinski definition) is 8. The lowest BCUT2D eigenvalue weighted by Crippen LogP contribution is -2.71. The second-order valence-corrected chi connectivity index (χ2v) is 7.61. The number of ether oxygens (including phenoxy) is 1. The molecule has 5 atom stereocenters. The monoisotopic (exact) mass is 397 g/mol. The van der Waals surface area contributed by atoms with Gasteiger partial charge in [-0.25, -0.2) is 4.57 Å². The summed E-state index contributed by atoms with van der Waals surface area (Å²) in [6.07, 6.45) is -2.23. The highest BCUT2D eigenvalue weighted by atomic mass is 32.1. The van der Waals surface area contributed by atoms with Crippen molar-refractivity contribution in [1.29, 1.82) is 0 Å². The first-order valence-corrected chi connectivity index (χ1v) is 9.29. The fourth-order valence-electron chi connectivity index (χ4n) is 2.56. The summed E-state index contributed by atoms with van der Waals surface area (Å²) < 4.78 is 21.1. The summed E-state index contributed by atoms with van der Waals surface area (Å²) in [7, 11) is -4.64. The van der Waals surface area contributed by atoms with E-state index >= 15 is 0 Å². The number of amides is 1. The van der Waals surface area contributed by atoms with Crippen LogP contribution < -0.4 is 27.0 Å². The molecule has 1 saturated heterocycles. The van der Waals surface area contributed by atoms with Crippen molar-refractivity contribution >= 4 is 43.4 Å². The molecule has 14 heteroatoms. The molecule has 0 aromatic carbocycles. The Hall–Kier alpha value is -0.920. The van der Waals surface area contributed by atoms with Crippen LogP contribution in [0.4, 0.5) is 0 Å². The first kappa shape index (κ1) is 17.9. The molecule has 134 valence electrons. The highest BCUT2D eigenvalue weighted by molar-refractivity contribution is 7.86. The summed E-state index contributed by atoms with van der Waals surface area (Å²) in [6, 6.07) is -0.533. The van der Waals surface area contributed by atoms with E-state index in [1.807, 2.05) is 0 Å². The number of carbonyl (C=O) groups excluding carboxylic acids is 1. The summed E-state index contributed by atoms with van der Waals surface area (Å²) in [6.45, 7) is -0.386. The fourth-order valence-corrected chi connectivity index (χ4v) is 3.56. The van der Waals surface area contributed by atoms with Gasteiger partial charge in [0.15, 0.2) is 12.5 Å². The second kappa shape index (κ2) is 6.42. The minimum Gasteiger partial charge on any atom is -0.366 e. The quantitative estimate of drug-likeness (QED) is 0.141. The molecule has 3 aliphatic heterocycles. The predicted molar refractivity (Wildman–Crippen MR) is 88.4 cm³/mol. The van der Waals surface area contributed by atoms with Crippen molar-refractivity contribution in [3.63, 3.8) is 0 Å². The number of rotatable bonds is 3. The number of nitrogens with one attached hydrogen (secondary N) is 4. The van der Waals surface area contributed by atoms with Crippen LogP contribution >= 0.6 is 32.7 Å². The molecule has 8 N–H and O–H groups in total. The van der Waals surface area contributed by atoms with Gasteiger partial charge in [-0.1, -0.05) is 12.2 Å². The average Bonchev–Trinajstić information content (AvgIpc) is 2.47. The maximum atomic E-state index is 12.0. The summed E-state index contributed by atoms with van der Waals surface area (Å²) >= 11 is 9.69. The Morgan fingerprint density at radius 2 is 2.04 bits per heavy atom. The molecule has 2 unspecified atom stereocenters. The minimum atomic E-state index is -4.64. The van der Waals surface area contributed by atoms with Crippen molar-refractivity contribution in [2.45, 2.75) is 29.9 Å². The highest BCUT2D eigenvalue weighted by Crippen LogP contribution is 2.37. The van der Waals surface area contributed by atoms with E-state index in [0.717, 1.165) is 0 Å². The third-order valence-corrected chi connectivity index (χ3v) is 5.41. The summed E-state index contributed by atoms with van der Waals surface area (Å²) in [5, 5.41) is 10.7. The smallest absolute Gasteiger partial charge is 0.366 e. The zero-order valence-electron chi connectivity index (χ0n) is 12.0. The van der Waals surface area contributed by atoms with Crippen LogP contribution in [0.3, 0.4) is 0 Å². The maximum absolute atomic E-state index is 12.0. The van der Waals surface area contributed by atoms with Crippen LogP contribution in [0, 0.1) is 0 Å². The van der Waals surface area contributed by atoms with E-state index in [0.29, 0.717) is 10.7 Å². The lowest BCUT2D eigenvalue weighted by atomic mass is 9.99. The van der Waals surface area contributed by atoms with Gasteiger partial charge in [-0.3, -0.25) is 15.1 Å². The topological polar surface area (TPSA) is 167 Å². The van der Waals surface area contributed by atoms with E-state index in [-0.39, 0.29) is 12.3 Å². The molecule has 0 bridgehead atoms. The molecule has 3 heterocycles. The van der Waals surface area contributed by atoms with Crippen molar-refractivity contribution < 1.29 is 28.4 Å². The van der Waals surface area contributed by atoms with Crippen molar-refractivity contribution in [3.8, 4) is 0 Å². The lowest BCUT2D eigenvalue weighted by molar-refractivity contribution is -0.120. The molecule has 3 rings (SSSR count). The van der Waals surface area contributed by atoms with E-state index in [2.05, 4.69) is 38.4 Å². The van der Waals surface area contributed by atoms with Gasteiger partial charge in [0.1, 0.15) is 23.7 Å². The molecule has 1 fully saturated rings. The molecule has 0 radical (unpaired) electrons. The van der Waals surface area contributed by atoms with Crippen LogP contribution in [0.25, 0.3) is 0 Å². The van der Waals surface area contributed by atoms with Crippen LogP contribution in [0.2, 0.25) is 0 Å². The fraction of sp³-hybridized carbons (Fsp3) is 0.600. The Bertz CT molecular complexity index is 656. The number of nitrogens with two attached hydrogens (primary N) is 1. The summed E-state index contributed by atoms with van der Waals surface area (Å²) in [4.78, 5) is 30.0. The van der Waals surface area contributed by atoms with Gasteiger partial charge in [-0.05, 0) is 0 Å². The summed E-state index contributed by atoms with van der Waals surface area (Å²) in [5.74, 6) is -0.0461. The van der Waals surface area contributed by atoms with Gasteiger partial charge in [0.2, 0.25) is 0 Å². The van der Waals surface area contributed by atoms with Gasteiger partial charge < -0.3 is 35.8 Å². The van der Waals surface area contributed by atoms with E-state index in [1.54, 1.807) is 0 Å². The van der Waals surface area contributed by atoms with Crippen LogP contribution in [0.15, 0.2) is 11.5 Å². The van der Waals surface area contributed by atoms with E-state index in [1.165, 1.54) is 0 Å². The van der Waals surface area contributed by atoms with Gasteiger partial charge in [0.05, 0.1) is 11.9 Å². The van der Waals surface area contributed by atoms with Gasteiger partial charge >= 0.3 is 7.82 Å². The zero-order chi connectivity index (χ0) is 17.6. The molecular formula is C10H16N5O6PS2. The van der Waals surface area contributed by atoms with Crippen molar-refractivity contribution in [3.05, 3.63) is 11.5 Å². The van der Waals surface area contributed by atoms with Gasteiger partial charge in [-0.2, -0.15) is 12.6 Å². The van der Waals surface area contributed by atoms with Gasteiger partial charge in [0, 0.05) is 4.86 Å². The predicted octanol–water partition coefficient (Wildman–Crippen LogP) is -2.82. The maximum Gasteiger partial charge on any atom is 0.469 e. The third kappa shape index (κ3) is 3.53. The van der Waals surface area contributed by atoms with Crippen molar-refractivity contribution in [1.82, 2.24) is 21.3 Å². The third-order valence-electron chi connectivity index (χ3n) is 3.63. The Labute approximate surface area is 147 Å². The van der Waals surface area contributed by atoms with Crippen LogP contribution in [-0.4, -0.2) is 57.1 Å². The molecule has 3 aliphatic rings. The molecule has 0 aromatic rings. The number of thiocarbonyl (C=S) groups is 1. The zero-order valence-corrected chi connectivity index (χ0v) is 14.6. The van der Waals surface area contributed by atoms with Crippen molar-refractivity contribution in [2.24, 2.45) is 5.73 Å². The Kier molecular flexibility index (Phi) is 4.79. The average molecular weight is 397 g/mol. The van der Waals surface area contributed by atoms with E-state index in [9.17, 15) is 9.36 Å². The summed E-state index contributed by atoms with van der Waals surface area (Å²) in [5.41, 5.74) is 5.89. The number of phosphoric acid groups is 1. The largest absolute Gasteiger partial charge is 0.469 e. The number of carbonyl (C=O) groups is 1. The minimum absolute atomic E-state index is 0.245. The molecule has 11 nitrogen and oxygen atoms in total. The lowest BCUT2D eigenvalue weighted by Gasteiger charge is -2.46. The molecule has 0 aliphatic carbocycles. The number of hydrogen-bond acceptors (Lipinski definition) is 10. The van der Waals surface area contributed by atoms with Crippen LogP contribution in [-0.2, 0) is 18.6 Å². The number of thiol groups is 1. The number of phosphoric ester groups is 1. The van der Waals surface area contributed by atoms with Gasteiger partial charge in [0.25, 0.3) is 5.91 Å². The van der Waals surface area contributed by atoms with E-state index < -0.39 is 43.6 Å². The normalized spacial score (nSPS) is 35.9. The Balaban J connectivity index is 1.77. The Morgan fingerprint density at radius 1 is 1.33 bits per heavy atom. The molecular weight excluding hydrogens is 381 g/mol. The van der Waals surface area contributed by atoms with Gasteiger partial charge in [-0.15, -0.1) is 0 Å². The molecule has 24 heavy (non-hydrogen) atoms. The Morgan fingerprint density at radius 3 is 2.71 bits per heavy atom. The highest BCUT2D eigenvalue weighted by Gasteiger charge is 2.46. The molecule has 0 spiro atoms. The van der Waals surface area contributed by atoms with E-state index in [4.69, 9.17) is 32.5 Å². The first-order valence-electron chi connectivity index (χ1n) is 6.83. The number of fused-ring (bicyclic) bond motifs is 1. The van der Waals surface area contributed by atoms with Crippen LogP contribution in [0.1, 0.15) is 0 Å².